The van der Waals surface area contributed by atoms with E-state index in [-0.39, 0.29) is 11.5 Å². The molecule has 2 aliphatic rings. The lowest BCUT2D eigenvalue weighted by molar-refractivity contribution is -0.124. The molecule has 1 amide bonds. The maximum atomic E-state index is 12.8. The largest absolute Gasteiger partial charge is 0.375 e. The topological polar surface area (TPSA) is 99.2 Å². The monoisotopic (exact) mass is 436 g/mol. The third kappa shape index (κ3) is 4.29. The predicted octanol–water partition coefficient (Wildman–Crippen LogP) is 2.99. The minimum Gasteiger partial charge on any atom is -0.375 e. The second kappa shape index (κ2) is 8.82. The number of piperidine rings is 1. The molecular weight excluding hydrogens is 408 g/mol. The van der Waals surface area contributed by atoms with Crippen molar-refractivity contribution in [1.82, 2.24) is 29.8 Å². The van der Waals surface area contributed by atoms with E-state index in [1.165, 1.54) is 0 Å². The van der Waals surface area contributed by atoms with Gasteiger partial charge in [0, 0.05) is 56.8 Å². The normalized spacial score (nSPS) is 20.5. The van der Waals surface area contributed by atoms with E-state index >= 15 is 0 Å². The van der Waals surface area contributed by atoms with Gasteiger partial charge in [0.1, 0.15) is 5.69 Å². The van der Waals surface area contributed by atoms with Gasteiger partial charge in [0.15, 0.2) is 0 Å². The van der Waals surface area contributed by atoms with Gasteiger partial charge in [0.25, 0.3) is 5.91 Å². The highest BCUT2D eigenvalue weighted by Crippen LogP contribution is 2.39. The van der Waals surface area contributed by atoms with E-state index in [1.807, 2.05) is 30.2 Å². The number of pyridine rings is 1. The molecule has 0 N–H and O–H groups in total. The van der Waals surface area contributed by atoms with E-state index in [2.05, 4.69) is 20.2 Å². The number of amides is 1. The summed E-state index contributed by atoms with van der Waals surface area (Å²) >= 11 is 0. The highest BCUT2D eigenvalue weighted by atomic mass is 16.5. The molecule has 0 aliphatic carbocycles. The Morgan fingerprint density at radius 2 is 2.16 bits per heavy atom. The average molecular weight is 437 g/mol. The molecular formula is C23H28N6O3. The van der Waals surface area contributed by atoms with Crippen LogP contribution in [0.3, 0.4) is 0 Å². The molecule has 1 unspecified atom stereocenters. The van der Waals surface area contributed by atoms with E-state index in [0.717, 1.165) is 50.8 Å². The molecule has 32 heavy (non-hydrogen) atoms. The van der Waals surface area contributed by atoms with Crippen LogP contribution >= 0.6 is 0 Å². The second-order valence-corrected chi connectivity index (χ2v) is 8.70. The first-order chi connectivity index (χ1) is 15.6. The van der Waals surface area contributed by atoms with Gasteiger partial charge in [0.05, 0.1) is 5.60 Å². The summed E-state index contributed by atoms with van der Waals surface area (Å²) in [7, 11) is 0. The van der Waals surface area contributed by atoms with Gasteiger partial charge in [0.2, 0.25) is 11.7 Å². The summed E-state index contributed by atoms with van der Waals surface area (Å²) in [5.74, 6) is 1.67. The van der Waals surface area contributed by atoms with Gasteiger partial charge in [-0.3, -0.25) is 14.5 Å². The number of hydrogen-bond acceptors (Lipinski definition) is 7. The lowest BCUT2D eigenvalue weighted by Crippen LogP contribution is -2.51. The number of aryl methyl sites for hydroxylation is 1. The minimum atomic E-state index is -0.172. The molecule has 0 saturated carbocycles. The van der Waals surface area contributed by atoms with E-state index in [0.29, 0.717) is 36.4 Å². The fourth-order valence-corrected chi connectivity index (χ4v) is 4.78. The fraction of sp³-hybridized carbons (Fsp3) is 0.522. The quantitative estimate of drug-likeness (QED) is 0.606. The Hall–Kier alpha value is -3.07. The van der Waals surface area contributed by atoms with Crippen molar-refractivity contribution >= 4 is 5.91 Å². The molecule has 2 aliphatic heterocycles. The van der Waals surface area contributed by atoms with Crippen LogP contribution in [0.15, 0.2) is 41.3 Å². The fourth-order valence-electron chi connectivity index (χ4n) is 4.78. The first-order valence-electron chi connectivity index (χ1n) is 11.3. The number of carbonyl (C=O) groups excluding carboxylic acids is 1. The minimum absolute atomic E-state index is 0.00759. The third-order valence-corrected chi connectivity index (χ3v) is 6.59. The molecule has 0 bridgehead atoms. The van der Waals surface area contributed by atoms with Crippen LogP contribution in [0.1, 0.15) is 49.0 Å². The molecule has 2 fully saturated rings. The molecule has 5 heterocycles. The van der Waals surface area contributed by atoms with Gasteiger partial charge in [-0.05, 0) is 56.7 Å². The predicted molar refractivity (Wildman–Crippen MR) is 116 cm³/mol. The van der Waals surface area contributed by atoms with Gasteiger partial charge in [-0.15, -0.1) is 0 Å². The molecule has 1 atom stereocenters. The molecule has 2 saturated heterocycles. The van der Waals surface area contributed by atoms with Gasteiger partial charge in [-0.2, -0.15) is 10.1 Å². The molecule has 0 aromatic carbocycles. The van der Waals surface area contributed by atoms with Gasteiger partial charge >= 0.3 is 0 Å². The molecule has 9 heteroatoms. The Labute approximate surface area is 186 Å². The maximum absolute atomic E-state index is 12.8. The molecule has 9 nitrogen and oxygen atoms in total. The Morgan fingerprint density at radius 3 is 2.91 bits per heavy atom. The van der Waals surface area contributed by atoms with Gasteiger partial charge in [-0.1, -0.05) is 5.16 Å². The Morgan fingerprint density at radius 1 is 1.28 bits per heavy atom. The van der Waals surface area contributed by atoms with Crippen molar-refractivity contribution in [1.29, 1.82) is 0 Å². The Balaban J connectivity index is 1.18. The summed E-state index contributed by atoms with van der Waals surface area (Å²) in [5.41, 5.74) is 1.20. The molecule has 0 radical (unpaired) electrons. The van der Waals surface area contributed by atoms with E-state index in [4.69, 9.17) is 9.26 Å². The van der Waals surface area contributed by atoms with Gasteiger partial charge in [-0.25, -0.2) is 0 Å². The summed E-state index contributed by atoms with van der Waals surface area (Å²) in [6, 6.07) is 5.58. The lowest BCUT2D eigenvalue weighted by Gasteiger charge is -2.46. The number of likely N-dealkylation sites (tertiary alicyclic amines) is 1. The zero-order valence-corrected chi connectivity index (χ0v) is 18.3. The highest BCUT2D eigenvalue weighted by molar-refractivity contribution is 5.92. The first-order valence-corrected chi connectivity index (χ1v) is 11.3. The first kappa shape index (κ1) is 20.8. The van der Waals surface area contributed by atoms with Crippen LogP contribution in [-0.2, 0) is 17.7 Å². The average Bonchev–Trinajstić information content (AvgIpc) is 3.50. The summed E-state index contributed by atoms with van der Waals surface area (Å²) in [4.78, 5) is 23.4. The zero-order valence-electron chi connectivity index (χ0n) is 18.3. The van der Waals surface area contributed by atoms with Crippen LogP contribution in [0, 0.1) is 5.92 Å². The van der Waals surface area contributed by atoms with E-state index < -0.39 is 0 Å². The van der Waals surface area contributed by atoms with Crippen molar-refractivity contribution in [3.63, 3.8) is 0 Å². The molecule has 168 valence electrons. The van der Waals surface area contributed by atoms with Crippen LogP contribution in [0.25, 0.3) is 11.4 Å². The summed E-state index contributed by atoms with van der Waals surface area (Å²) < 4.78 is 13.6. The van der Waals surface area contributed by atoms with E-state index in [1.54, 1.807) is 23.1 Å². The molecule has 1 spiro atoms. The number of nitrogens with zero attached hydrogens (tertiary/aromatic N) is 6. The van der Waals surface area contributed by atoms with Crippen LogP contribution in [-0.4, -0.2) is 61.0 Å². The number of carbonyl (C=O) groups is 1. The van der Waals surface area contributed by atoms with Crippen molar-refractivity contribution in [2.75, 3.05) is 19.7 Å². The third-order valence-electron chi connectivity index (χ3n) is 6.59. The Kier molecular flexibility index (Phi) is 5.73. The number of ether oxygens (including phenoxy) is 1. The number of rotatable bonds is 5. The van der Waals surface area contributed by atoms with Crippen LogP contribution in [0.5, 0.6) is 0 Å². The van der Waals surface area contributed by atoms with E-state index in [9.17, 15) is 4.79 Å². The highest BCUT2D eigenvalue weighted by Gasteiger charge is 2.41. The number of hydrogen-bond donors (Lipinski definition) is 0. The zero-order chi connectivity index (χ0) is 22.0. The standard InChI is InChI=1S/C23H28N6O3/c1-2-29-10-5-19(26-29)22(30)28-11-7-23(8-12-28)15-17(6-13-31-23)14-20-25-21(27-32-20)18-4-3-9-24-16-18/h3-5,9-10,16-17H,2,6-8,11-15H2,1H3. The van der Waals surface area contributed by atoms with Crippen molar-refractivity contribution in [2.24, 2.45) is 5.92 Å². The summed E-state index contributed by atoms with van der Waals surface area (Å²) in [5, 5.41) is 8.47. The van der Waals surface area contributed by atoms with Gasteiger partial charge < -0.3 is 14.2 Å². The number of aromatic nitrogens is 5. The molecule has 5 rings (SSSR count). The smallest absolute Gasteiger partial charge is 0.274 e. The lowest BCUT2D eigenvalue weighted by atomic mass is 9.78. The maximum Gasteiger partial charge on any atom is 0.274 e. The van der Waals surface area contributed by atoms with Crippen LogP contribution < -0.4 is 0 Å². The molecule has 3 aromatic heterocycles. The van der Waals surface area contributed by atoms with Crippen molar-refractivity contribution < 1.29 is 14.1 Å². The van der Waals surface area contributed by atoms with Crippen molar-refractivity contribution in [2.45, 2.75) is 51.2 Å². The molecule has 3 aromatic rings. The van der Waals surface area contributed by atoms with Crippen molar-refractivity contribution in [3.8, 4) is 11.4 Å². The van der Waals surface area contributed by atoms with Crippen LogP contribution in [0.4, 0.5) is 0 Å². The summed E-state index contributed by atoms with van der Waals surface area (Å²) in [6.45, 7) is 4.88. The van der Waals surface area contributed by atoms with Crippen LogP contribution in [0.2, 0.25) is 0 Å². The van der Waals surface area contributed by atoms with Crippen molar-refractivity contribution in [3.05, 3.63) is 48.4 Å². The second-order valence-electron chi connectivity index (χ2n) is 8.70. The summed E-state index contributed by atoms with van der Waals surface area (Å²) in [6.07, 6.45) is 9.67. The Bertz CT molecular complexity index is 1050. The SMILES string of the molecule is CCn1ccc(C(=O)N2CCC3(CC2)CC(Cc2nc(-c4cccnc4)no2)CCO3)n1.